The molecule has 5 nitrogen and oxygen atoms in total. The number of nitrogens with one attached hydrogen (secondary N) is 1. The van der Waals surface area contributed by atoms with Crippen molar-refractivity contribution in [3.63, 3.8) is 0 Å². The highest BCUT2D eigenvalue weighted by Crippen LogP contribution is 2.29. The van der Waals surface area contributed by atoms with Gasteiger partial charge in [-0.3, -0.25) is 9.59 Å². The van der Waals surface area contributed by atoms with Crippen LogP contribution in [0.25, 0.3) is 10.8 Å². The number of carbonyl (C=O) groups excluding carboxylic acids is 2. The summed E-state index contributed by atoms with van der Waals surface area (Å²) in [6.45, 7) is -0.163. The van der Waals surface area contributed by atoms with Gasteiger partial charge >= 0.3 is 0 Å². The average molecular weight is 576 g/mol. The lowest BCUT2D eigenvalue weighted by atomic mass is 10.0. The fraction of sp³-hybridized carbons (Fsp3) is 0.273. The summed E-state index contributed by atoms with van der Waals surface area (Å²) in [6, 6.07) is 27.9. The fourth-order valence-electron chi connectivity index (χ4n) is 5.32. The molecule has 1 atom stereocenters. The Morgan fingerprint density at radius 3 is 2.25 bits per heavy atom. The van der Waals surface area contributed by atoms with E-state index in [9.17, 15) is 9.59 Å². The summed E-state index contributed by atoms with van der Waals surface area (Å²) in [4.78, 5) is 29.4. The molecule has 0 heterocycles. The largest absolute Gasteiger partial charge is 0.483 e. The third kappa shape index (κ3) is 6.78. The molecule has 206 valence electrons. The maximum atomic E-state index is 14.0. The Hall–Kier alpha value is -3.54. The predicted molar refractivity (Wildman–Crippen MR) is 161 cm³/mol. The summed E-state index contributed by atoms with van der Waals surface area (Å²) in [5.74, 6) is 0.0982. The monoisotopic (exact) mass is 574 g/mol. The zero-order valence-corrected chi connectivity index (χ0v) is 23.7. The molecular formula is C33H32Cl2N2O3. The molecule has 1 unspecified atom stereocenters. The maximum Gasteiger partial charge on any atom is 0.261 e. The standard InChI is InChI=1S/C33H32Cl2N2O3/c34-28-17-9-18-29(35)27(28)21-37(32(38)22-40-31-19-8-13-24-12-4-7-16-26(24)31)30(20-23-10-2-1-3-11-23)33(39)36-25-14-5-6-15-25/h1-4,7-13,16-19,25,30H,5-6,14-15,20-22H2,(H,36,39). The number of carbonyl (C=O) groups is 2. The van der Waals surface area contributed by atoms with E-state index in [2.05, 4.69) is 5.32 Å². The van der Waals surface area contributed by atoms with Gasteiger partial charge in [0, 0.05) is 40.0 Å². The van der Waals surface area contributed by atoms with Gasteiger partial charge in [-0.05, 0) is 42.0 Å². The molecule has 0 aliphatic heterocycles. The van der Waals surface area contributed by atoms with Crippen LogP contribution in [0.1, 0.15) is 36.8 Å². The fourth-order valence-corrected chi connectivity index (χ4v) is 5.84. The molecular weight excluding hydrogens is 543 g/mol. The van der Waals surface area contributed by atoms with Crippen molar-refractivity contribution in [1.29, 1.82) is 0 Å². The number of rotatable bonds is 10. The van der Waals surface area contributed by atoms with E-state index in [0.717, 1.165) is 42.0 Å². The first-order chi connectivity index (χ1) is 19.5. The van der Waals surface area contributed by atoms with Crippen LogP contribution >= 0.6 is 23.2 Å². The Balaban J connectivity index is 1.47. The zero-order valence-electron chi connectivity index (χ0n) is 22.2. The van der Waals surface area contributed by atoms with Crippen molar-refractivity contribution in [2.24, 2.45) is 0 Å². The van der Waals surface area contributed by atoms with E-state index < -0.39 is 6.04 Å². The van der Waals surface area contributed by atoms with Gasteiger partial charge in [-0.1, -0.05) is 109 Å². The Bertz CT molecular complexity index is 1450. The van der Waals surface area contributed by atoms with Crippen LogP contribution in [0.4, 0.5) is 0 Å². The van der Waals surface area contributed by atoms with Crippen molar-refractivity contribution in [3.8, 4) is 5.75 Å². The Morgan fingerprint density at radius 2 is 1.50 bits per heavy atom. The van der Waals surface area contributed by atoms with Crippen LogP contribution in [-0.2, 0) is 22.6 Å². The third-order valence-electron chi connectivity index (χ3n) is 7.46. The van der Waals surface area contributed by atoms with Gasteiger partial charge in [0.05, 0.1) is 0 Å². The second-order valence-corrected chi connectivity index (χ2v) is 11.0. The van der Waals surface area contributed by atoms with Crippen LogP contribution in [0, 0.1) is 0 Å². The van der Waals surface area contributed by atoms with Crippen LogP contribution in [0.5, 0.6) is 5.75 Å². The topological polar surface area (TPSA) is 58.6 Å². The van der Waals surface area contributed by atoms with E-state index in [1.54, 1.807) is 23.1 Å². The van der Waals surface area contributed by atoms with Crippen molar-refractivity contribution in [1.82, 2.24) is 10.2 Å². The van der Waals surface area contributed by atoms with E-state index in [1.165, 1.54) is 0 Å². The van der Waals surface area contributed by atoms with E-state index in [-0.39, 0.29) is 31.0 Å². The molecule has 0 spiro atoms. The highest BCUT2D eigenvalue weighted by molar-refractivity contribution is 6.36. The van der Waals surface area contributed by atoms with Gasteiger partial charge in [-0.2, -0.15) is 0 Å². The van der Waals surface area contributed by atoms with Crippen LogP contribution in [-0.4, -0.2) is 35.4 Å². The van der Waals surface area contributed by atoms with Gasteiger partial charge in [0.25, 0.3) is 5.91 Å². The molecule has 5 rings (SSSR count). The zero-order chi connectivity index (χ0) is 27.9. The average Bonchev–Trinajstić information content (AvgIpc) is 3.48. The molecule has 4 aromatic rings. The summed E-state index contributed by atoms with van der Waals surface area (Å²) >= 11 is 13.1. The van der Waals surface area contributed by atoms with Gasteiger partial charge in [0.2, 0.25) is 5.91 Å². The third-order valence-corrected chi connectivity index (χ3v) is 8.17. The number of hydrogen-bond donors (Lipinski definition) is 1. The van der Waals surface area contributed by atoms with Gasteiger partial charge in [0.15, 0.2) is 6.61 Å². The smallest absolute Gasteiger partial charge is 0.261 e. The summed E-state index contributed by atoms with van der Waals surface area (Å²) in [6.07, 6.45) is 4.41. The number of nitrogens with zero attached hydrogens (tertiary/aromatic N) is 1. The van der Waals surface area contributed by atoms with Gasteiger partial charge in [-0.25, -0.2) is 0 Å². The number of halogens is 2. The highest BCUT2D eigenvalue weighted by atomic mass is 35.5. The molecule has 2 amide bonds. The van der Waals surface area contributed by atoms with Crippen LogP contribution in [0.2, 0.25) is 10.0 Å². The molecule has 1 aliphatic rings. The molecule has 4 aromatic carbocycles. The van der Waals surface area contributed by atoms with E-state index in [4.69, 9.17) is 27.9 Å². The molecule has 0 saturated heterocycles. The highest BCUT2D eigenvalue weighted by Gasteiger charge is 2.33. The van der Waals surface area contributed by atoms with Crippen LogP contribution < -0.4 is 10.1 Å². The SMILES string of the molecule is O=C(NC1CCCC1)C(Cc1ccccc1)N(Cc1c(Cl)cccc1Cl)C(=O)COc1cccc2ccccc12. The van der Waals surface area contributed by atoms with Gasteiger partial charge in [-0.15, -0.1) is 0 Å². The quantitative estimate of drug-likeness (QED) is 0.217. The molecule has 1 fully saturated rings. The number of hydrogen-bond acceptors (Lipinski definition) is 3. The summed E-state index contributed by atoms with van der Waals surface area (Å²) < 4.78 is 6.08. The molecule has 1 saturated carbocycles. The van der Waals surface area contributed by atoms with E-state index in [0.29, 0.717) is 27.8 Å². The van der Waals surface area contributed by atoms with Gasteiger partial charge in [0.1, 0.15) is 11.8 Å². The first kappa shape index (κ1) is 28.0. The van der Waals surface area contributed by atoms with Crippen molar-refractivity contribution < 1.29 is 14.3 Å². The van der Waals surface area contributed by atoms with Crippen LogP contribution in [0.3, 0.4) is 0 Å². The second-order valence-electron chi connectivity index (χ2n) is 10.2. The van der Waals surface area contributed by atoms with Crippen LogP contribution in [0.15, 0.2) is 91.0 Å². The number of fused-ring (bicyclic) bond motifs is 1. The minimum absolute atomic E-state index is 0.0752. The molecule has 0 radical (unpaired) electrons. The lowest BCUT2D eigenvalue weighted by molar-refractivity contribution is -0.143. The second kappa shape index (κ2) is 13.2. The molecule has 7 heteroatoms. The van der Waals surface area contributed by atoms with Gasteiger partial charge < -0.3 is 15.0 Å². The first-order valence-corrected chi connectivity index (χ1v) is 14.4. The number of ether oxygens (including phenoxy) is 1. The first-order valence-electron chi connectivity index (χ1n) is 13.7. The normalized spacial score (nSPS) is 14.2. The van der Waals surface area contributed by atoms with Crippen molar-refractivity contribution in [2.45, 2.75) is 50.7 Å². The molecule has 0 aromatic heterocycles. The van der Waals surface area contributed by atoms with Crippen molar-refractivity contribution in [3.05, 3.63) is 112 Å². The minimum Gasteiger partial charge on any atom is -0.483 e. The Kier molecular flexibility index (Phi) is 9.25. The van der Waals surface area contributed by atoms with E-state index >= 15 is 0 Å². The maximum absolute atomic E-state index is 14.0. The number of amides is 2. The Labute approximate surface area is 245 Å². The Morgan fingerprint density at radius 1 is 0.850 bits per heavy atom. The lowest BCUT2D eigenvalue weighted by Crippen LogP contribution is -2.53. The van der Waals surface area contributed by atoms with Crippen molar-refractivity contribution >= 4 is 45.8 Å². The predicted octanol–water partition coefficient (Wildman–Crippen LogP) is 7.22. The molecule has 1 aliphatic carbocycles. The summed E-state index contributed by atoms with van der Waals surface area (Å²) in [7, 11) is 0. The summed E-state index contributed by atoms with van der Waals surface area (Å²) in [5.41, 5.74) is 1.54. The molecule has 0 bridgehead atoms. The van der Waals surface area contributed by atoms with Crippen molar-refractivity contribution in [2.75, 3.05) is 6.61 Å². The molecule has 40 heavy (non-hydrogen) atoms. The minimum atomic E-state index is -0.779. The van der Waals surface area contributed by atoms with E-state index in [1.807, 2.05) is 72.8 Å². The lowest BCUT2D eigenvalue weighted by Gasteiger charge is -2.32. The molecule has 1 N–H and O–H groups in total. The summed E-state index contributed by atoms with van der Waals surface area (Å²) in [5, 5.41) is 6.02. The number of benzene rings is 4.